The van der Waals surface area contributed by atoms with E-state index in [-0.39, 0.29) is 0 Å². The average Bonchev–Trinajstić information content (AvgIpc) is 3.93. The van der Waals surface area contributed by atoms with Gasteiger partial charge in [0.25, 0.3) is 0 Å². The van der Waals surface area contributed by atoms with Crippen LogP contribution >= 0.6 is 22.6 Å². The number of aromatic nitrogens is 4. The number of fused-ring (bicyclic) bond motifs is 8. The van der Waals surface area contributed by atoms with Crippen LogP contribution in [-0.2, 0) is 23.7 Å². The van der Waals surface area contributed by atoms with Gasteiger partial charge in [-0.05, 0) is 65.1 Å². The summed E-state index contributed by atoms with van der Waals surface area (Å²) in [6.07, 6.45) is -31.8. The van der Waals surface area contributed by atoms with Crippen molar-refractivity contribution in [3.8, 4) is 0 Å². The first-order valence-corrected chi connectivity index (χ1v) is 17.0. The second-order valence-electron chi connectivity index (χ2n) is 13.2. The predicted molar refractivity (Wildman–Crippen MR) is 171 cm³/mol. The molecule has 33 heteroatoms. The van der Waals surface area contributed by atoms with Gasteiger partial charge in [-0.25, -0.2) is 9.97 Å². The Morgan fingerprint density at radius 3 is 0.862 bits per heavy atom. The van der Waals surface area contributed by atoms with E-state index in [0.29, 0.717) is 22.6 Å². The summed E-state index contributed by atoms with van der Waals surface area (Å²) in [6.45, 7) is 0. The lowest BCUT2D eigenvalue weighted by atomic mass is 9.99. The van der Waals surface area contributed by atoms with Gasteiger partial charge >= 0.3 is 72.1 Å². The van der Waals surface area contributed by atoms with Crippen LogP contribution in [0.3, 0.4) is 0 Å². The van der Waals surface area contributed by atoms with Crippen LogP contribution in [0.1, 0.15) is 45.0 Å². The molecule has 0 fully saturated rings. The third kappa shape index (κ3) is 7.41. The lowest BCUT2D eigenvalue weighted by molar-refractivity contribution is -0.359. The molecule has 0 spiro atoms. The summed E-state index contributed by atoms with van der Waals surface area (Å²) in [5.41, 5.74) is -31.6. The van der Waals surface area contributed by atoms with Gasteiger partial charge in [-0.2, -0.15) is 123 Å². The van der Waals surface area contributed by atoms with E-state index in [9.17, 15) is 87.8 Å². The second kappa shape index (κ2) is 14.7. The molecule has 2 aliphatic rings. The summed E-state index contributed by atoms with van der Waals surface area (Å²) in [7, 11) is 0. The molecule has 2 aliphatic heterocycles. The average molecular weight is 1110 g/mol. The number of H-pyrrole nitrogens is 2. The molecule has 3 aromatic rings. The van der Waals surface area contributed by atoms with Crippen molar-refractivity contribution in [1.82, 2.24) is 19.9 Å². The fourth-order valence-corrected chi connectivity index (χ4v) is 6.62. The van der Waals surface area contributed by atoms with Crippen LogP contribution in [0, 0.1) is 3.57 Å². The van der Waals surface area contributed by atoms with E-state index < -0.39 is 185 Å². The Balaban J connectivity index is 2.26. The Bertz CT molecular complexity index is 2630. The number of hydrogen-bond acceptors (Lipinski definition) is 2. The van der Waals surface area contributed by atoms with Gasteiger partial charge in [0.2, 0.25) is 0 Å². The van der Waals surface area contributed by atoms with E-state index in [1.165, 1.54) is 0 Å². The van der Waals surface area contributed by atoms with Crippen LogP contribution in [0.4, 0.5) is 123 Å². The molecule has 0 saturated carbocycles. The van der Waals surface area contributed by atoms with Crippen molar-refractivity contribution in [2.24, 2.45) is 0 Å². The number of hydrogen-bond donors (Lipinski definition) is 2. The minimum absolute atomic E-state index is 0.396. The van der Waals surface area contributed by atoms with Gasteiger partial charge in [0, 0.05) is 3.57 Å². The van der Waals surface area contributed by atoms with Gasteiger partial charge in [-0.3, -0.25) is 0 Å². The van der Waals surface area contributed by atoms with Crippen LogP contribution in [0.2, 0.25) is 0 Å². The zero-order valence-corrected chi connectivity index (χ0v) is 31.6. The van der Waals surface area contributed by atoms with Crippen LogP contribution in [0.25, 0.3) is 46.4 Å². The van der Waals surface area contributed by atoms with Crippen molar-refractivity contribution in [2.45, 2.75) is 72.1 Å². The molecule has 4 nitrogen and oxygen atoms in total. The van der Waals surface area contributed by atoms with Gasteiger partial charge in [-0.1, -0.05) is 0 Å². The molecular weight excluding hydrogens is 1100 g/mol. The Morgan fingerprint density at radius 1 is 0.338 bits per heavy atom. The van der Waals surface area contributed by atoms with Crippen LogP contribution in [-0.4, -0.2) is 68.3 Å². The minimum atomic E-state index is -7.52. The van der Waals surface area contributed by atoms with Crippen molar-refractivity contribution in [1.29, 1.82) is 0 Å². The summed E-state index contributed by atoms with van der Waals surface area (Å²) in [5, 5.41) is 0. The van der Waals surface area contributed by atoms with Crippen LogP contribution < -0.4 is 0 Å². The second-order valence-corrected chi connectivity index (χ2v) is 14.4. The van der Waals surface area contributed by atoms with Gasteiger partial charge in [0.05, 0.1) is 67.1 Å². The number of alkyl halides is 28. The molecule has 65 heavy (non-hydrogen) atoms. The number of halogens is 29. The monoisotopic (exact) mass is 1110 g/mol. The highest BCUT2D eigenvalue weighted by Gasteiger charge is 2.78. The molecule has 0 aromatic carbocycles. The largest absolute Gasteiger partial charge is 0.460 e. The zero-order chi connectivity index (χ0) is 50.3. The van der Waals surface area contributed by atoms with Gasteiger partial charge in [0.1, 0.15) is 0 Å². The standard InChI is InChI=1S/C32H9F28IN4/c33-21(34,25(41,42)29(49,50)51)16-9-1-2-10(62-9)17(22(35,36)26(43,44)30(52,53)54)12-5-6-14(64-12)19(24(39,40)28(47,48)32(58,59)60)20-8(61)7-15(65-20)18(13-4-3-11(16)63-13)23(37,38)27(45,46)31(55,56)57/h1-7,62,65H. The molecule has 5 rings (SSSR count). The molecule has 2 N–H and O–H groups in total. The lowest BCUT2D eigenvalue weighted by Crippen LogP contribution is -2.50. The lowest BCUT2D eigenvalue weighted by Gasteiger charge is -2.29. The highest BCUT2D eigenvalue weighted by molar-refractivity contribution is 14.1. The Morgan fingerprint density at radius 2 is 0.585 bits per heavy atom. The number of aromatic amines is 2. The highest BCUT2D eigenvalue weighted by Crippen LogP contribution is 2.59. The van der Waals surface area contributed by atoms with E-state index in [1.807, 2.05) is 0 Å². The first-order chi connectivity index (χ1) is 28.8. The number of nitrogens with one attached hydrogen (secondary N) is 2. The summed E-state index contributed by atoms with van der Waals surface area (Å²) in [6, 6.07) is -1.32. The topological polar surface area (TPSA) is 57.4 Å². The molecule has 5 heterocycles. The first-order valence-electron chi connectivity index (χ1n) is 15.9. The Labute approximate surface area is 350 Å². The fourth-order valence-electron chi connectivity index (χ4n) is 5.90. The third-order valence-electron chi connectivity index (χ3n) is 9.08. The quantitative estimate of drug-likeness (QED) is 0.120. The van der Waals surface area contributed by atoms with Gasteiger partial charge < -0.3 is 9.97 Å². The van der Waals surface area contributed by atoms with Gasteiger partial charge in [0.15, 0.2) is 0 Å². The van der Waals surface area contributed by atoms with E-state index in [4.69, 9.17) is 0 Å². The Hall–Kier alpha value is -4.63. The fraction of sp³-hybridized carbons (Fsp3) is 0.375. The van der Waals surface area contributed by atoms with Crippen molar-refractivity contribution in [3.05, 3.63) is 66.8 Å². The summed E-state index contributed by atoms with van der Waals surface area (Å²) < 4.78 is 403. The smallest absolute Gasteiger partial charge is 0.355 e. The zero-order valence-electron chi connectivity index (χ0n) is 29.4. The van der Waals surface area contributed by atoms with E-state index in [1.54, 1.807) is 0 Å². The maximum Gasteiger partial charge on any atom is 0.460 e. The van der Waals surface area contributed by atoms with Gasteiger partial charge in [-0.15, -0.1) is 0 Å². The van der Waals surface area contributed by atoms with Crippen LogP contribution in [0.15, 0.2) is 18.2 Å². The van der Waals surface area contributed by atoms with E-state index in [2.05, 4.69) is 9.97 Å². The molecule has 0 atom stereocenters. The van der Waals surface area contributed by atoms with Crippen molar-refractivity contribution >= 4 is 69.0 Å². The maximum absolute atomic E-state index is 15.8. The van der Waals surface area contributed by atoms with Crippen molar-refractivity contribution in [3.63, 3.8) is 0 Å². The van der Waals surface area contributed by atoms with E-state index in [0.717, 1.165) is 9.97 Å². The SMILES string of the molecule is FC(F)(F)C(F)(F)C(F)(F)c1c2nc(c(C(F)(F)C(F)(F)C(F)(F)F)c3cc(I)c([nH]3)c(C(F)(F)C(F)(F)C(F)(F)F)c3nc(c(C(F)(F)C(F)(F)C(F)(F)F)c4ccc1[nH]4)C=C3)C=C2. The molecule has 0 amide bonds. The molecule has 0 radical (unpaired) electrons. The summed E-state index contributed by atoms with van der Waals surface area (Å²) >= 11 is 0.461. The van der Waals surface area contributed by atoms with E-state index >= 15 is 35.1 Å². The number of rotatable bonds is 8. The van der Waals surface area contributed by atoms with Crippen molar-refractivity contribution < 1.29 is 123 Å². The maximum atomic E-state index is 15.8. The third-order valence-corrected chi connectivity index (χ3v) is 9.93. The van der Waals surface area contributed by atoms with Crippen molar-refractivity contribution in [2.75, 3.05) is 0 Å². The first kappa shape index (κ1) is 51.4. The Kier molecular flexibility index (Phi) is 11.6. The highest BCUT2D eigenvalue weighted by atomic mass is 127. The molecule has 0 saturated heterocycles. The molecule has 8 bridgehead atoms. The minimum Gasteiger partial charge on any atom is -0.355 e. The molecule has 360 valence electrons. The summed E-state index contributed by atoms with van der Waals surface area (Å²) in [5.74, 6) is -58.3. The molecule has 0 unspecified atom stereocenters. The molecule has 0 aliphatic carbocycles. The number of nitrogens with zero attached hydrogens (tertiary/aromatic N) is 2. The normalized spacial score (nSPS) is 15.6. The molecular formula is C32H9F28IN4. The van der Waals surface area contributed by atoms with Crippen LogP contribution in [0.5, 0.6) is 0 Å². The molecule has 3 aromatic heterocycles. The predicted octanol–water partition coefficient (Wildman–Crippen LogP) is 14.4. The summed E-state index contributed by atoms with van der Waals surface area (Å²) in [4.78, 5) is 7.34.